The monoisotopic (exact) mass is 357 g/mol. The van der Waals surface area contributed by atoms with E-state index in [4.69, 9.17) is 20.8 Å². The van der Waals surface area contributed by atoms with Crippen LogP contribution in [0, 0.1) is 11.3 Å². The molecule has 1 fully saturated rings. The summed E-state index contributed by atoms with van der Waals surface area (Å²) in [5.41, 5.74) is 0.516. The first-order valence-corrected chi connectivity index (χ1v) is 8.15. The first-order valence-electron chi connectivity index (χ1n) is 7.77. The fourth-order valence-electron chi connectivity index (χ4n) is 2.40. The molecule has 1 saturated heterocycles. The normalized spacial score (nSPS) is 14.9. The van der Waals surface area contributed by atoms with E-state index < -0.39 is 5.91 Å². The Balaban J connectivity index is 1.71. The first-order chi connectivity index (χ1) is 12.2. The number of ether oxygens (including phenoxy) is 1. The fourth-order valence-corrected chi connectivity index (χ4v) is 2.52. The van der Waals surface area contributed by atoms with Gasteiger partial charge in [0.25, 0.3) is 5.91 Å². The largest absolute Gasteiger partial charge is 0.441 e. The molecule has 1 aromatic carbocycles. The molecule has 128 valence electrons. The van der Waals surface area contributed by atoms with Gasteiger partial charge in [-0.3, -0.25) is 4.79 Å². The molecule has 2 aromatic rings. The second kappa shape index (κ2) is 7.88. The molecule has 7 heteroatoms. The number of anilines is 2. The van der Waals surface area contributed by atoms with Crippen molar-refractivity contribution in [2.45, 2.75) is 0 Å². The van der Waals surface area contributed by atoms with Gasteiger partial charge in [-0.2, -0.15) is 5.26 Å². The predicted octanol–water partition coefficient (Wildman–Crippen LogP) is 3.32. The Morgan fingerprint density at radius 1 is 1.20 bits per heavy atom. The number of benzene rings is 1. The van der Waals surface area contributed by atoms with Crippen LogP contribution in [-0.4, -0.2) is 32.2 Å². The molecule has 25 heavy (non-hydrogen) atoms. The summed E-state index contributed by atoms with van der Waals surface area (Å²) in [6.45, 7) is 2.80. The minimum absolute atomic E-state index is 0.0437. The van der Waals surface area contributed by atoms with Crippen molar-refractivity contribution in [2.75, 3.05) is 36.5 Å². The summed E-state index contributed by atoms with van der Waals surface area (Å²) in [6.07, 6.45) is 1.43. The van der Waals surface area contributed by atoms with Gasteiger partial charge in [-0.05, 0) is 30.3 Å². The van der Waals surface area contributed by atoms with Crippen LogP contribution in [0.3, 0.4) is 0 Å². The van der Waals surface area contributed by atoms with E-state index in [1.165, 1.54) is 6.08 Å². The van der Waals surface area contributed by atoms with E-state index in [1.807, 2.05) is 12.1 Å². The van der Waals surface area contributed by atoms with Gasteiger partial charge >= 0.3 is 0 Å². The molecule has 1 aliphatic rings. The van der Waals surface area contributed by atoms with Crippen molar-refractivity contribution >= 4 is 35.2 Å². The van der Waals surface area contributed by atoms with Gasteiger partial charge in [0.05, 0.1) is 13.2 Å². The molecule has 0 bridgehead atoms. The molecule has 1 aliphatic heterocycles. The predicted molar refractivity (Wildman–Crippen MR) is 95.4 cm³/mol. The minimum Gasteiger partial charge on any atom is -0.441 e. The zero-order valence-corrected chi connectivity index (χ0v) is 14.1. The lowest BCUT2D eigenvalue weighted by Crippen LogP contribution is -2.35. The summed E-state index contributed by atoms with van der Waals surface area (Å²) in [7, 11) is 0. The van der Waals surface area contributed by atoms with Crippen LogP contribution in [0.5, 0.6) is 0 Å². The van der Waals surface area contributed by atoms with Crippen LogP contribution < -0.4 is 10.2 Å². The van der Waals surface area contributed by atoms with Crippen LogP contribution in [0.15, 0.2) is 46.4 Å². The number of hydrogen-bond acceptors (Lipinski definition) is 5. The number of nitriles is 1. The number of furan rings is 1. The first kappa shape index (κ1) is 17.1. The summed E-state index contributed by atoms with van der Waals surface area (Å²) < 4.78 is 11.0. The Kier molecular flexibility index (Phi) is 5.39. The fraction of sp³-hybridized carbons (Fsp3) is 0.222. The molecule has 0 radical (unpaired) electrons. The van der Waals surface area contributed by atoms with E-state index >= 15 is 0 Å². The topological polar surface area (TPSA) is 78.5 Å². The van der Waals surface area contributed by atoms with Crippen molar-refractivity contribution < 1.29 is 13.9 Å². The Morgan fingerprint density at radius 2 is 1.92 bits per heavy atom. The van der Waals surface area contributed by atoms with Crippen LogP contribution in [0.4, 0.5) is 11.6 Å². The van der Waals surface area contributed by atoms with Gasteiger partial charge in [-0.1, -0.05) is 11.6 Å². The lowest BCUT2D eigenvalue weighted by molar-refractivity contribution is -0.112. The minimum atomic E-state index is -0.505. The van der Waals surface area contributed by atoms with E-state index in [0.29, 0.717) is 35.6 Å². The molecule has 1 aromatic heterocycles. The molecule has 0 spiro atoms. The molecule has 0 atom stereocenters. The maximum Gasteiger partial charge on any atom is 0.266 e. The SMILES string of the molecule is N#C/C(=C\c1ccc(N2CCOCC2)o1)C(=O)Nc1ccc(Cl)cc1. The van der Waals surface area contributed by atoms with Gasteiger partial charge in [0.15, 0.2) is 5.88 Å². The molecule has 0 aliphatic carbocycles. The van der Waals surface area contributed by atoms with Crippen molar-refractivity contribution in [3.8, 4) is 6.07 Å². The van der Waals surface area contributed by atoms with Crippen molar-refractivity contribution in [3.05, 3.63) is 52.8 Å². The quantitative estimate of drug-likeness (QED) is 0.670. The zero-order valence-electron chi connectivity index (χ0n) is 13.4. The third-order valence-electron chi connectivity index (χ3n) is 3.69. The van der Waals surface area contributed by atoms with Crippen molar-refractivity contribution in [3.63, 3.8) is 0 Å². The Hall–Kier alpha value is -2.75. The number of carbonyl (C=O) groups excluding carboxylic acids is 1. The van der Waals surface area contributed by atoms with Gasteiger partial charge < -0.3 is 19.4 Å². The number of hydrogen-bond donors (Lipinski definition) is 1. The van der Waals surface area contributed by atoms with Crippen LogP contribution in [0.2, 0.25) is 5.02 Å². The Morgan fingerprint density at radius 3 is 2.60 bits per heavy atom. The lowest BCUT2D eigenvalue weighted by Gasteiger charge is -2.26. The number of morpholine rings is 1. The highest BCUT2D eigenvalue weighted by atomic mass is 35.5. The van der Waals surface area contributed by atoms with Gasteiger partial charge in [0.2, 0.25) is 0 Å². The molecule has 1 N–H and O–H groups in total. The van der Waals surface area contributed by atoms with Crippen LogP contribution in [0.25, 0.3) is 6.08 Å². The summed E-state index contributed by atoms with van der Waals surface area (Å²) in [5, 5.41) is 12.5. The number of halogens is 1. The maximum absolute atomic E-state index is 12.2. The van der Waals surface area contributed by atoms with Gasteiger partial charge in [0, 0.05) is 35.9 Å². The summed E-state index contributed by atoms with van der Waals surface area (Å²) in [4.78, 5) is 14.3. The molecule has 0 unspecified atom stereocenters. The number of rotatable bonds is 4. The Labute approximate surface area is 150 Å². The highest BCUT2D eigenvalue weighted by molar-refractivity contribution is 6.30. The lowest BCUT2D eigenvalue weighted by atomic mass is 10.2. The molecule has 1 amide bonds. The third kappa shape index (κ3) is 4.41. The summed E-state index contributed by atoms with van der Waals surface area (Å²) in [5.74, 6) is 0.642. The highest BCUT2D eigenvalue weighted by Crippen LogP contribution is 2.22. The molecule has 0 saturated carbocycles. The van der Waals surface area contributed by atoms with Gasteiger partial charge in [0.1, 0.15) is 17.4 Å². The van der Waals surface area contributed by atoms with E-state index in [9.17, 15) is 10.1 Å². The van der Waals surface area contributed by atoms with Gasteiger partial charge in [-0.25, -0.2) is 0 Å². The molecule has 6 nitrogen and oxygen atoms in total. The zero-order chi connectivity index (χ0) is 17.6. The molecule has 3 rings (SSSR count). The number of amides is 1. The molecular formula is C18H16ClN3O3. The molecule has 2 heterocycles. The number of carbonyl (C=O) groups is 1. The standard InChI is InChI=1S/C18H16ClN3O3/c19-14-1-3-15(4-2-14)21-18(23)13(12-20)11-16-5-6-17(25-16)22-7-9-24-10-8-22/h1-6,11H,7-10H2,(H,21,23)/b13-11+. The Bertz CT molecular complexity index is 815. The van der Waals surface area contributed by atoms with Crippen LogP contribution in [0.1, 0.15) is 5.76 Å². The third-order valence-corrected chi connectivity index (χ3v) is 3.94. The smallest absolute Gasteiger partial charge is 0.266 e. The average molecular weight is 358 g/mol. The average Bonchev–Trinajstić information content (AvgIpc) is 3.11. The maximum atomic E-state index is 12.2. The van der Waals surface area contributed by atoms with Gasteiger partial charge in [-0.15, -0.1) is 0 Å². The second-order valence-electron chi connectivity index (χ2n) is 5.41. The van der Waals surface area contributed by atoms with E-state index in [2.05, 4.69) is 10.2 Å². The van der Waals surface area contributed by atoms with E-state index in [0.717, 1.165) is 13.1 Å². The van der Waals surface area contributed by atoms with E-state index in [-0.39, 0.29) is 5.57 Å². The van der Waals surface area contributed by atoms with E-state index in [1.54, 1.807) is 30.3 Å². The highest BCUT2D eigenvalue weighted by Gasteiger charge is 2.15. The summed E-state index contributed by atoms with van der Waals surface area (Å²) in [6, 6.07) is 12.1. The van der Waals surface area contributed by atoms with Crippen molar-refractivity contribution in [1.82, 2.24) is 0 Å². The van der Waals surface area contributed by atoms with Crippen LogP contribution >= 0.6 is 11.6 Å². The second-order valence-corrected chi connectivity index (χ2v) is 5.84. The van der Waals surface area contributed by atoms with Crippen molar-refractivity contribution in [2.24, 2.45) is 0 Å². The number of nitrogens with one attached hydrogen (secondary N) is 1. The van der Waals surface area contributed by atoms with Crippen LogP contribution in [-0.2, 0) is 9.53 Å². The number of nitrogens with zero attached hydrogens (tertiary/aromatic N) is 2. The molecular weight excluding hydrogens is 342 g/mol. The summed E-state index contributed by atoms with van der Waals surface area (Å²) >= 11 is 5.81. The van der Waals surface area contributed by atoms with Crippen molar-refractivity contribution in [1.29, 1.82) is 5.26 Å².